The van der Waals surface area contributed by atoms with E-state index < -0.39 is 0 Å². The highest BCUT2D eigenvalue weighted by molar-refractivity contribution is 5.19. The van der Waals surface area contributed by atoms with Crippen molar-refractivity contribution >= 4 is 0 Å². The number of rotatable bonds is 2. The first-order valence-electron chi connectivity index (χ1n) is 3.11. The molecule has 0 aliphatic carbocycles. The van der Waals surface area contributed by atoms with Gasteiger partial charge < -0.3 is 5.11 Å². The van der Waals surface area contributed by atoms with E-state index in [-0.39, 0.29) is 6.61 Å². The van der Waals surface area contributed by atoms with Gasteiger partial charge in [0.05, 0.1) is 6.61 Å². The van der Waals surface area contributed by atoms with Crippen molar-refractivity contribution in [3.05, 3.63) is 23.3 Å². The van der Waals surface area contributed by atoms with E-state index >= 15 is 0 Å². The van der Waals surface area contributed by atoms with Gasteiger partial charge >= 0.3 is 0 Å². The van der Waals surface area contributed by atoms with Crippen molar-refractivity contribution < 1.29 is 5.11 Å². The molecule has 0 aliphatic heterocycles. The van der Waals surface area contributed by atoms with Crippen LogP contribution >= 0.6 is 0 Å². The maximum absolute atomic E-state index is 8.58. The Morgan fingerprint density at radius 2 is 2.00 bits per heavy atom. The Morgan fingerprint density at radius 3 is 2.33 bits per heavy atom. The van der Waals surface area contributed by atoms with Crippen LogP contribution in [0, 0.1) is 0 Å². The summed E-state index contributed by atoms with van der Waals surface area (Å²) in [5.41, 5.74) is 2.20. The van der Waals surface area contributed by atoms with E-state index in [1.165, 1.54) is 5.57 Å². The summed E-state index contributed by atoms with van der Waals surface area (Å²) < 4.78 is 0. The Morgan fingerprint density at radius 1 is 1.44 bits per heavy atom. The van der Waals surface area contributed by atoms with Gasteiger partial charge in [0.1, 0.15) is 0 Å². The lowest BCUT2D eigenvalue weighted by molar-refractivity contribution is 0.331. The lowest BCUT2D eigenvalue weighted by Crippen LogP contribution is -1.83. The molecule has 52 valence electrons. The van der Waals surface area contributed by atoms with E-state index in [1.807, 2.05) is 32.9 Å². The van der Waals surface area contributed by atoms with Gasteiger partial charge in [0.2, 0.25) is 0 Å². The fraction of sp³-hybridized carbons (Fsp3) is 0.500. The SMILES string of the molecule is C/C=C(C)/C=C(/C)CO. The molecule has 0 heterocycles. The van der Waals surface area contributed by atoms with Gasteiger partial charge in [-0.1, -0.05) is 17.7 Å². The molecule has 0 spiro atoms. The van der Waals surface area contributed by atoms with Crippen molar-refractivity contribution in [3.63, 3.8) is 0 Å². The molecule has 0 aromatic carbocycles. The Hall–Kier alpha value is -0.560. The monoisotopic (exact) mass is 126 g/mol. The van der Waals surface area contributed by atoms with Crippen LogP contribution in [0.25, 0.3) is 0 Å². The third kappa shape index (κ3) is 3.98. The second kappa shape index (κ2) is 4.33. The molecule has 1 N–H and O–H groups in total. The zero-order chi connectivity index (χ0) is 7.28. The van der Waals surface area contributed by atoms with Crippen LogP contribution in [0.3, 0.4) is 0 Å². The quantitative estimate of drug-likeness (QED) is 0.560. The molecular weight excluding hydrogens is 112 g/mol. The van der Waals surface area contributed by atoms with Crippen molar-refractivity contribution in [2.75, 3.05) is 6.61 Å². The highest BCUT2D eigenvalue weighted by Gasteiger charge is 1.83. The van der Waals surface area contributed by atoms with Gasteiger partial charge in [-0.05, 0) is 26.3 Å². The average molecular weight is 126 g/mol. The van der Waals surface area contributed by atoms with Crippen LogP contribution in [0.15, 0.2) is 23.3 Å². The van der Waals surface area contributed by atoms with E-state index in [2.05, 4.69) is 0 Å². The average Bonchev–Trinajstić information content (AvgIpc) is 1.87. The van der Waals surface area contributed by atoms with E-state index in [0.29, 0.717) is 0 Å². The molecule has 0 fully saturated rings. The highest BCUT2D eigenvalue weighted by Crippen LogP contribution is 1.99. The predicted molar refractivity (Wildman–Crippen MR) is 40.3 cm³/mol. The molecule has 1 nitrogen and oxygen atoms in total. The normalized spacial score (nSPS) is 14.2. The first-order chi connectivity index (χ1) is 4.20. The molecule has 0 aromatic rings. The molecule has 0 aromatic heterocycles. The number of hydrogen-bond acceptors (Lipinski definition) is 1. The van der Waals surface area contributed by atoms with E-state index in [1.54, 1.807) is 0 Å². The van der Waals surface area contributed by atoms with Crippen molar-refractivity contribution in [2.45, 2.75) is 20.8 Å². The second-order valence-electron chi connectivity index (χ2n) is 2.18. The summed E-state index contributed by atoms with van der Waals surface area (Å²) in [7, 11) is 0. The standard InChI is InChI=1S/C8H14O/c1-4-7(2)5-8(3)6-9/h4-5,9H,6H2,1-3H3/b7-4+,8-5-. The van der Waals surface area contributed by atoms with Crippen molar-refractivity contribution in [2.24, 2.45) is 0 Å². The van der Waals surface area contributed by atoms with E-state index in [4.69, 9.17) is 5.11 Å². The maximum Gasteiger partial charge on any atom is 0.0642 e. The third-order valence-corrected chi connectivity index (χ3v) is 1.18. The van der Waals surface area contributed by atoms with Gasteiger partial charge in [-0.2, -0.15) is 0 Å². The molecule has 9 heavy (non-hydrogen) atoms. The lowest BCUT2D eigenvalue weighted by atomic mass is 10.2. The van der Waals surface area contributed by atoms with Gasteiger partial charge in [-0.3, -0.25) is 0 Å². The Balaban J connectivity index is 3.95. The van der Waals surface area contributed by atoms with Crippen LogP contribution in [0.4, 0.5) is 0 Å². The van der Waals surface area contributed by atoms with Crippen LogP contribution in [0.2, 0.25) is 0 Å². The van der Waals surface area contributed by atoms with Gasteiger partial charge in [0, 0.05) is 0 Å². The predicted octanol–water partition coefficient (Wildman–Crippen LogP) is 1.89. The lowest BCUT2D eigenvalue weighted by Gasteiger charge is -1.93. The van der Waals surface area contributed by atoms with Crippen molar-refractivity contribution in [1.82, 2.24) is 0 Å². The molecule has 0 rings (SSSR count). The minimum absolute atomic E-state index is 0.158. The first kappa shape index (κ1) is 8.44. The Bertz CT molecular complexity index is 132. The molecule has 0 saturated heterocycles. The topological polar surface area (TPSA) is 20.2 Å². The number of aliphatic hydroxyl groups is 1. The van der Waals surface area contributed by atoms with Crippen LogP contribution in [0.5, 0.6) is 0 Å². The van der Waals surface area contributed by atoms with Gasteiger partial charge in [-0.25, -0.2) is 0 Å². The second-order valence-corrected chi connectivity index (χ2v) is 2.18. The third-order valence-electron chi connectivity index (χ3n) is 1.18. The fourth-order valence-corrected chi connectivity index (χ4v) is 0.518. The summed E-state index contributed by atoms with van der Waals surface area (Å²) in [6.45, 7) is 6.06. The number of aliphatic hydroxyl groups excluding tert-OH is 1. The summed E-state index contributed by atoms with van der Waals surface area (Å²) in [5.74, 6) is 0. The molecule has 0 amide bonds. The zero-order valence-corrected chi connectivity index (χ0v) is 6.31. The summed E-state index contributed by atoms with van der Waals surface area (Å²) in [5, 5.41) is 8.58. The van der Waals surface area contributed by atoms with Crippen LogP contribution < -0.4 is 0 Å². The minimum Gasteiger partial charge on any atom is -0.392 e. The summed E-state index contributed by atoms with van der Waals surface area (Å²) in [6, 6.07) is 0. The van der Waals surface area contributed by atoms with Crippen molar-refractivity contribution in [3.8, 4) is 0 Å². The first-order valence-corrected chi connectivity index (χ1v) is 3.11. The highest BCUT2D eigenvalue weighted by atomic mass is 16.3. The van der Waals surface area contributed by atoms with E-state index in [9.17, 15) is 0 Å². The van der Waals surface area contributed by atoms with Crippen LogP contribution in [-0.2, 0) is 0 Å². The molecule has 0 unspecified atom stereocenters. The molecular formula is C8H14O. The van der Waals surface area contributed by atoms with Crippen LogP contribution in [0.1, 0.15) is 20.8 Å². The molecule has 0 atom stereocenters. The molecule has 0 radical (unpaired) electrons. The molecule has 1 heteroatoms. The van der Waals surface area contributed by atoms with Crippen LogP contribution in [-0.4, -0.2) is 11.7 Å². The molecule has 0 bridgehead atoms. The Labute approximate surface area is 56.7 Å². The van der Waals surface area contributed by atoms with Gasteiger partial charge in [0.15, 0.2) is 0 Å². The number of hydrogen-bond donors (Lipinski definition) is 1. The smallest absolute Gasteiger partial charge is 0.0642 e. The van der Waals surface area contributed by atoms with Gasteiger partial charge in [0.25, 0.3) is 0 Å². The van der Waals surface area contributed by atoms with E-state index in [0.717, 1.165) is 5.57 Å². The zero-order valence-electron chi connectivity index (χ0n) is 6.31. The fourth-order valence-electron chi connectivity index (χ4n) is 0.518. The maximum atomic E-state index is 8.58. The van der Waals surface area contributed by atoms with Gasteiger partial charge in [-0.15, -0.1) is 0 Å². The molecule has 0 saturated carbocycles. The summed E-state index contributed by atoms with van der Waals surface area (Å²) >= 11 is 0. The largest absolute Gasteiger partial charge is 0.392 e. The Kier molecular flexibility index (Phi) is 4.06. The molecule has 0 aliphatic rings. The van der Waals surface area contributed by atoms with Crippen molar-refractivity contribution in [1.29, 1.82) is 0 Å². The minimum atomic E-state index is 0.158. The number of allylic oxidation sites excluding steroid dienone is 3. The summed E-state index contributed by atoms with van der Waals surface area (Å²) in [4.78, 5) is 0. The summed E-state index contributed by atoms with van der Waals surface area (Å²) in [6.07, 6.45) is 3.99.